The number of nitrogens with zero attached hydrogens (tertiary/aromatic N) is 1. The second-order valence-corrected chi connectivity index (χ2v) is 10.7. The van der Waals surface area contributed by atoms with E-state index in [9.17, 15) is 19.1 Å². The maximum atomic E-state index is 13.9. The van der Waals surface area contributed by atoms with Gasteiger partial charge in [-0.15, -0.1) is 0 Å². The van der Waals surface area contributed by atoms with Crippen molar-refractivity contribution in [3.05, 3.63) is 75.5 Å². The maximum absolute atomic E-state index is 13.9. The molecule has 3 aromatic rings. The van der Waals surface area contributed by atoms with Crippen LogP contribution in [-0.4, -0.2) is 35.5 Å². The van der Waals surface area contributed by atoms with Gasteiger partial charge in [0.2, 0.25) is 0 Å². The lowest BCUT2D eigenvalue weighted by atomic mass is 9.82. The normalized spacial score (nSPS) is 16.8. The van der Waals surface area contributed by atoms with Crippen LogP contribution >= 0.6 is 0 Å². The molecule has 0 bridgehead atoms. The largest absolute Gasteiger partial charge is 0.489 e. The Labute approximate surface area is 227 Å². The molecule has 0 aliphatic heterocycles. The fourth-order valence-corrected chi connectivity index (χ4v) is 4.71. The molecule has 0 spiro atoms. The topological polar surface area (TPSA) is 99.0 Å². The highest BCUT2D eigenvalue weighted by molar-refractivity contribution is 5.76. The standard InChI is InChI=1S/C30H35FN2O6/c1-17-9-21(31)10-18(2)28(17)39-25-8-7-20(30(3,4)36)13-23(25)24-16-33(5)27(34)14-26(24)38-22-11-19(12-22)15-32-29(35)37-6/h7-10,13-14,16,19,22,36H,11-12,15H2,1-6H3,(H,32,35)/t19-,22-. The molecule has 1 amide bonds. The number of halogens is 1. The number of amides is 1. The molecule has 2 aromatic carbocycles. The van der Waals surface area contributed by atoms with Crippen molar-refractivity contribution in [1.29, 1.82) is 0 Å². The van der Waals surface area contributed by atoms with Gasteiger partial charge in [0.05, 0.1) is 18.8 Å². The Morgan fingerprint density at radius 3 is 2.38 bits per heavy atom. The van der Waals surface area contributed by atoms with Gasteiger partial charge in [0.1, 0.15) is 23.1 Å². The van der Waals surface area contributed by atoms with E-state index in [1.165, 1.54) is 29.9 Å². The molecule has 2 N–H and O–H groups in total. The molecule has 1 aliphatic rings. The first kappa shape index (κ1) is 28.2. The number of carbonyl (C=O) groups excluding carboxylic acids is 1. The lowest BCUT2D eigenvalue weighted by molar-refractivity contribution is 0.0640. The molecule has 0 radical (unpaired) electrons. The van der Waals surface area contributed by atoms with Gasteiger partial charge < -0.3 is 29.2 Å². The fourth-order valence-electron chi connectivity index (χ4n) is 4.71. The molecule has 1 fully saturated rings. The predicted molar refractivity (Wildman–Crippen MR) is 146 cm³/mol. The summed E-state index contributed by atoms with van der Waals surface area (Å²) in [7, 11) is 2.98. The summed E-state index contributed by atoms with van der Waals surface area (Å²) >= 11 is 0. The van der Waals surface area contributed by atoms with Crippen molar-refractivity contribution in [1.82, 2.24) is 9.88 Å². The molecule has 1 saturated carbocycles. The van der Waals surface area contributed by atoms with Crippen LogP contribution < -0.4 is 20.3 Å². The van der Waals surface area contributed by atoms with E-state index in [1.807, 2.05) is 6.07 Å². The van der Waals surface area contributed by atoms with Gasteiger partial charge in [-0.05, 0) is 87.4 Å². The minimum atomic E-state index is -1.13. The summed E-state index contributed by atoms with van der Waals surface area (Å²) in [6, 6.07) is 9.63. The Balaban J connectivity index is 1.72. The molecule has 208 valence electrons. The molecular weight excluding hydrogens is 503 g/mol. The summed E-state index contributed by atoms with van der Waals surface area (Å²) < 4.78 is 32.7. The molecule has 0 saturated heterocycles. The van der Waals surface area contributed by atoms with Crippen molar-refractivity contribution in [2.24, 2.45) is 13.0 Å². The molecule has 1 aliphatic carbocycles. The van der Waals surface area contributed by atoms with Gasteiger partial charge in [-0.2, -0.15) is 0 Å². The average Bonchev–Trinajstić information content (AvgIpc) is 2.83. The Kier molecular flexibility index (Phi) is 8.02. The van der Waals surface area contributed by atoms with Crippen LogP contribution in [0.1, 0.15) is 43.4 Å². The Hall–Kier alpha value is -3.85. The van der Waals surface area contributed by atoms with Crippen molar-refractivity contribution < 1.29 is 28.5 Å². The first-order valence-corrected chi connectivity index (χ1v) is 12.9. The second kappa shape index (κ2) is 11.1. The predicted octanol–water partition coefficient (Wildman–Crippen LogP) is 5.34. The molecule has 0 atom stereocenters. The summed E-state index contributed by atoms with van der Waals surface area (Å²) in [6.45, 7) is 7.42. The smallest absolute Gasteiger partial charge is 0.406 e. The molecule has 8 nitrogen and oxygen atoms in total. The van der Waals surface area contributed by atoms with Crippen LogP contribution in [0.25, 0.3) is 11.1 Å². The van der Waals surface area contributed by atoms with Crippen LogP contribution in [0.15, 0.2) is 47.4 Å². The van der Waals surface area contributed by atoms with E-state index >= 15 is 0 Å². The number of hydrogen-bond acceptors (Lipinski definition) is 6. The van der Waals surface area contributed by atoms with E-state index in [0.29, 0.717) is 64.5 Å². The van der Waals surface area contributed by atoms with Crippen molar-refractivity contribution >= 4 is 6.09 Å². The molecule has 39 heavy (non-hydrogen) atoms. The van der Waals surface area contributed by atoms with E-state index < -0.39 is 11.7 Å². The van der Waals surface area contributed by atoms with E-state index in [2.05, 4.69) is 10.1 Å². The van der Waals surface area contributed by atoms with Crippen LogP contribution in [0.3, 0.4) is 0 Å². The highest BCUT2D eigenvalue weighted by Crippen LogP contribution is 2.43. The number of aromatic nitrogens is 1. The van der Waals surface area contributed by atoms with E-state index in [0.717, 1.165) is 0 Å². The zero-order valence-corrected chi connectivity index (χ0v) is 23.1. The zero-order chi connectivity index (χ0) is 28.5. The summed E-state index contributed by atoms with van der Waals surface area (Å²) in [6.07, 6.45) is 2.50. The van der Waals surface area contributed by atoms with Crippen LogP contribution in [0.4, 0.5) is 9.18 Å². The van der Waals surface area contributed by atoms with E-state index in [1.54, 1.807) is 53.1 Å². The number of hydrogen-bond donors (Lipinski definition) is 2. The van der Waals surface area contributed by atoms with Gasteiger partial charge in [0, 0.05) is 37.0 Å². The number of pyridine rings is 1. The third kappa shape index (κ3) is 6.42. The molecule has 1 aromatic heterocycles. The Morgan fingerprint density at radius 1 is 1.10 bits per heavy atom. The SMILES string of the molecule is COC(=O)NC[C@H]1C[C@H](Oc2cc(=O)n(C)cc2-c2cc(C(C)(C)O)ccc2Oc2c(C)cc(F)cc2C)C1. The second-order valence-electron chi connectivity index (χ2n) is 10.7. The van der Waals surface area contributed by atoms with Crippen molar-refractivity contribution in [3.63, 3.8) is 0 Å². The van der Waals surface area contributed by atoms with Crippen molar-refractivity contribution in [2.45, 2.75) is 52.2 Å². The van der Waals surface area contributed by atoms with Gasteiger partial charge in [-0.3, -0.25) is 4.79 Å². The number of methoxy groups -OCH3 is 1. The Morgan fingerprint density at radius 2 is 1.77 bits per heavy atom. The maximum Gasteiger partial charge on any atom is 0.406 e. The third-order valence-electron chi connectivity index (χ3n) is 7.01. The third-order valence-corrected chi connectivity index (χ3v) is 7.01. The fraction of sp³-hybridized carbons (Fsp3) is 0.400. The van der Waals surface area contributed by atoms with Crippen LogP contribution in [0.5, 0.6) is 17.2 Å². The van der Waals surface area contributed by atoms with Gasteiger partial charge in [-0.25, -0.2) is 9.18 Å². The summed E-state index contributed by atoms with van der Waals surface area (Å²) in [5, 5.41) is 13.5. The molecule has 1 heterocycles. The van der Waals surface area contributed by atoms with Gasteiger partial charge >= 0.3 is 6.09 Å². The van der Waals surface area contributed by atoms with Crippen molar-refractivity contribution in [2.75, 3.05) is 13.7 Å². The molecule has 4 rings (SSSR count). The van der Waals surface area contributed by atoms with Crippen LogP contribution in [0.2, 0.25) is 0 Å². The monoisotopic (exact) mass is 538 g/mol. The lowest BCUT2D eigenvalue weighted by Gasteiger charge is -2.35. The van der Waals surface area contributed by atoms with Gasteiger partial charge in [0.25, 0.3) is 5.56 Å². The Bertz CT molecular complexity index is 1410. The minimum Gasteiger partial charge on any atom is -0.489 e. The molecule has 9 heteroatoms. The average molecular weight is 539 g/mol. The quantitative estimate of drug-likeness (QED) is 0.402. The summed E-state index contributed by atoms with van der Waals surface area (Å²) in [5.41, 5.74) is 1.80. The summed E-state index contributed by atoms with van der Waals surface area (Å²) in [4.78, 5) is 24.0. The highest BCUT2D eigenvalue weighted by Gasteiger charge is 2.32. The van der Waals surface area contributed by atoms with Gasteiger partial charge in [-0.1, -0.05) is 6.07 Å². The van der Waals surface area contributed by atoms with Gasteiger partial charge in [0.15, 0.2) is 0 Å². The zero-order valence-electron chi connectivity index (χ0n) is 23.1. The number of nitrogens with one attached hydrogen (secondary N) is 1. The van der Waals surface area contributed by atoms with E-state index in [4.69, 9.17) is 9.47 Å². The minimum absolute atomic E-state index is 0.135. The van der Waals surface area contributed by atoms with Crippen LogP contribution in [-0.2, 0) is 17.4 Å². The molecular formula is C30H35FN2O6. The number of benzene rings is 2. The lowest BCUT2D eigenvalue weighted by Crippen LogP contribution is -2.41. The number of aliphatic hydroxyl groups is 1. The highest BCUT2D eigenvalue weighted by atomic mass is 19.1. The van der Waals surface area contributed by atoms with E-state index in [-0.39, 0.29) is 23.4 Å². The number of aryl methyl sites for hydroxylation is 3. The molecule has 0 unspecified atom stereocenters. The first-order chi connectivity index (χ1) is 18.3. The summed E-state index contributed by atoms with van der Waals surface area (Å²) in [5.74, 6) is 1.29. The van der Waals surface area contributed by atoms with Crippen LogP contribution in [0, 0.1) is 25.6 Å². The first-order valence-electron chi connectivity index (χ1n) is 12.9. The number of ether oxygens (including phenoxy) is 3. The number of rotatable bonds is 8. The van der Waals surface area contributed by atoms with Crippen molar-refractivity contribution in [3.8, 4) is 28.4 Å². The number of carbonyl (C=O) groups is 1. The number of alkyl carbamates (subject to hydrolysis) is 1.